The van der Waals surface area contributed by atoms with Gasteiger partial charge >= 0.3 is 0 Å². The van der Waals surface area contributed by atoms with Gasteiger partial charge in [-0.1, -0.05) is 0 Å². The van der Waals surface area contributed by atoms with Crippen LogP contribution in [0.5, 0.6) is 0 Å². The molecule has 6 heteroatoms. The van der Waals surface area contributed by atoms with Crippen molar-refractivity contribution < 1.29 is 9.18 Å². The average molecular weight is 222 g/mol. The van der Waals surface area contributed by atoms with Crippen molar-refractivity contribution in [1.82, 2.24) is 20.5 Å². The van der Waals surface area contributed by atoms with E-state index in [1.165, 1.54) is 6.92 Å². The minimum atomic E-state index is -0.581. The van der Waals surface area contributed by atoms with Crippen LogP contribution in [0.25, 0.3) is 10.9 Å². The molecule has 5 nitrogen and oxygen atoms in total. The second-order valence-corrected chi connectivity index (χ2v) is 3.53. The van der Waals surface area contributed by atoms with Crippen LogP contribution in [0.2, 0.25) is 0 Å². The molecule has 84 valence electrons. The highest BCUT2D eigenvalue weighted by Gasteiger charge is 2.13. The molecule has 0 spiro atoms. The zero-order chi connectivity index (χ0) is 11.7. The van der Waals surface area contributed by atoms with Crippen LogP contribution < -0.4 is 5.32 Å². The number of nitrogens with one attached hydrogen (secondary N) is 2. The summed E-state index contributed by atoms with van der Waals surface area (Å²) < 4.78 is 13.6. The Balaban J connectivity index is 2.50. The zero-order valence-electron chi connectivity index (χ0n) is 8.97. The highest BCUT2D eigenvalue weighted by Crippen LogP contribution is 2.20. The molecule has 0 aliphatic heterocycles. The van der Waals surface area contributed by atoms with Crippen LogP contribution in [-0.4, -0.2) is 21.1 Å². The number of aryl methyl sites for hydroxylation is 1. The van der Waals surface area contributed by atoms with Crippen LogP contribution in [0.15, 0.2) is 6.20 Å². The van der Waals surface area contributed by atoms with E-state index in [1.807, 2.05) is 0 Å². The fraction of sp³-hybridized carbons (Fsp3) is 0.300. The van der Waals surface area contributed by atoms with Gasteiger partial charge in [0.1, 0.15) is 0 Å². The summed E-state index contributed by atoms with van der Waals surface area (Å²) in [6, 6.07) is 0. The molecule has 2 aromatic rings. The SMILES string of the molecule is CC(=O)NCc1c(F)nc(C)c2cn[nH]c12. The Morgan fingerprint density at radius 3 is 3.06 bits per heavy atom. The number of halogens is 1. The average Bonchev–Trinajstić information content (AvgIpc) is 2.65. The number of aromatic nitrogens is 3. The highest BCUT2D eigenvalue weighted by molar-refractivity contribution is 5.83. The van der Waals surface area contributed by atoms with E-state index in [-0.39, 0.29) is 12.5 Å². The number of aromatic amines is 1. The molecule has 2 heterocycles. The van der Waals surface area contributed by atoms with Gasteiger partial charge in [-0.25, -0.2) is 4.98 Å². The Kier molecular flexibility index (Phi) is 2.55. The molecule has 0 aromatic carbocycles. The smallest absolute Gasteiger partial charge is 0.220 e. The first-order valence-corrected chi connectivity index (χ1v) is 4.82. The first-order chi connectivity index (χ1) is 7.59. The van der Waals surface area contributed by atoms with Gasteiger partial charge in [0.15, 0.2) is 0 Å². The quantitative estimate of drug-likeness (QED) is 0.746. The van der Waals surface area contributed by atoms with Crippen molar-refractivity contribution in [3.8, 4) is 0 Å². The molecule has 0 atom stereocenters. The second-order valence-electron chi connectivity index (χ2n) is 3.53. The van der Waals surface area contributed by atoms with E-state index in [0.717, 1.165) is 5.39 Å². The molecule has 1 amide bonds. The molecule has 0 unspecified atom stereocenters. The molecule has 0 aliphatic rings. The first-order valence-electron chi connectivity index (χ1n) is 4.82. The third-order valence-corrected chi connectivity index (χ3v) is 2.36. The van der Waals surface area contributed by atoms with Gasteiger partial charge < -0.3 is 5.32 Å². The fourth-order valence-electron chi connectivity index (χ4n) is 1.54. The number of carbonyl (C=O) groups excluding carboxylic acids is 1. The molecule has 0 radical (unpaired) electrons. The summed E-state index contributed by atoms with van der Waals surface area (Å²) in [6.07, 6.45) is 1.59. The maximum absolute atomic E-state index is 13.6. The van der Waals surface area contributed by atoms with Crippen LogP contribution in [0.4, 0.5) is 4.39 Å². The number of pyridine rings is 1. The molecule has 16 heavy (non-hydrogen) atoms. The highest BCUT2D eigenvalue weighted by atomic mass is 19.1. The Morgan fingerprint density at radius 2 is 2.38 bits per heavy atom. The summed E-state index contributed by atoms with van der Waals surface area (Å²) >= 11 is 0. The third kappa shape index (κ3) is 1.73. The molecule has 0 bridgehead atoms. The number of amides is 1. The maximum atomic E-state index is 13.6. The van der Waals surface area contributed by atoms with E-state index in [1.54, 1.807) is 13.1 Å². The second kappa shape index (κ2) is 3.88. The number of carbonyl (C=O) groups is 1. The lowest BCUT2D eigenvalue weighted by atomic mass is 10.1. The number of hydrogen-bond acceptors (Lipinski definition) is 3. The molecule has 2 N–H and O–H groups in total. The standard InChI is InChI=1S/C10H11FN4O/c1-5-7-4-13-15-9(7)8(10(11)14-5)3-12-6(2)16/h4H,3H2,1-2H3,(H,12,16)(H,13,15). The summed E-state index contributed by atoms with van der Waals surface area (Å²) in [6.45, 7) is 3.19. The van der Waals surface area contributed by atoms with Crippen molar-refractivity contribution >= 4 is 16.8 Å². The van der Waals surface area contributed by atoms with E-state index < -0.39 is 5.95 Å². The predicted molar refractivity (Wildman–Crippen MR) is 56.1 cm³/mol. The van der Waals surface area contributed by atoms with Crippen LogP contribution in [0, 0.1) is 12.9 Å². The Labute approximate surface area is 91.1 Å². The molecule has 2 rings (SSSR count). The summed E-state index contributed by atoms with van der Waals surface area (Å²) in [4.78, 5) is 14.6. The van der Waals surface area contributed by atoms with Gasteiger partial charge in [0.25, 0.3) is 0 Å². The predicted octanol–water partition coefficient (Wildman–Crippen LogP) is 1.04. The van der Waals surface area contributed by atoms with Gasteiger partial charge in [-0.05, 0) is 6.92 Å². The Hall–Kier alpha value is -1.98. The Bertz CT molecular complexity index is 549. The summed E-state index contributed by atoms with van der Waals surface area (Å²) in [7, 11) is 0. The van der Waals surface area contributed by atoms with Crippen molar-refractivity contribution in [1.29, 1.82) is 0 Å². The molecular formula is C10H11FN4O. The maximum Gasteiger partial charge on any atom is 0.220 e. The molecular weight excluding hydrogens is 211 g/mol. The van der Waals surface area contributed by atoms with Crippen molar-refractivity contribution in [3.05, 3.63) is 23.4 Å². The number of H-pyrrole nitrogens is 1. The lowest BCUT2D eigenvalue weighted by Crippen LogP contribution is -2.20. The topological polar surface area (TPSA) is 70.7 Å². The minimum absolute atomic E-state index is 0.104. The van der Waals surface area contributed by atoms with Gasteiger partial charge in [0.2, 0.25) is 11.9 Å². The van der Waals surface area contributed by atoms with Crippen LogP contribution in [0.3, 0.4) is 0 Å². The van der Waals surface area contributed by atoms with E-state index in [2.05, 4.69) is 20.5 Å². The van der Waals surface area contributed by atoms with Crippen LogP contribution in [0.1, 0.15) is 18.2 Å². The van der Waals surface area contributed by atoms with Crippen molar-refractivity contribution in [2.24, 2.45) is 0 Å². The van der Waals surface area contributed by atoms with Crippen molar-refractivity contribution in [2.45, 2.75) is 20.4 Å². The summed E-state index contributed by atoms with van der Waals surface area (Å²) in [5.41, 5.74) is 1.49. The van der Waals surface area contributed by atoms with Crippen molar-refractivity contribution in [3.63, 3.8) is 0 Å². The minimum Gasteiger partial charge on any atom is -0.352 e. The largest absolute Gasteiger partial charge is 0.352 e. The van der Waals surface area contributed by atoms with E-state index in [0.29, 0.717) is 16.8 Å². The van der Waals surface area contributed by atoms with E-state index in [4.69, 9.17) is 0 Å². The Morgan fingerprint density at radius 1 is 1.62 bits per heavy atom. The number of fused-ring (bicyclic) bond motifs is 1. The molecule has 0 aliphatic carbocycles. The third-order valence-electron chi connectivity index (χ3n) is 2.36. The van der Waals surface area contributed by atoms with Crippen LogP contribution in [-0.2, 0) is 11.3 Å². The van der Waals surface area contributed by atoms with Crippen LogP contribution >= 0.6 is 0 Å². The summed E-state index contributed by atoms with van der Waals surface area (Å²) in [5, 5.41) is 9.86. The molecule has 0 saturated heterocycles. The van der Waals surface area contributed by atoms with Gasteiger partial charge in [-0.15, -0.1) is 0 Å². The van der Waals surface area contributed by atoms with E-state index >= 15 is 0 Å². The lowest BCUT2D eigenvalue weighted by Gasteiger charge is -2.06. The number of hydrogen-bond donors (Lipinski definition) is 2. The monoisotopic (exact) mass is 222 g/mol. The van der Waals surface area contributed by atoms with Gasteiger partial charge in [0, 0.05) is 18.9 Å². The van der Waals surface area contributed by atoms with E-state index in [9.17, 15) is 9.18 Å². The van der Waals surface area contributed by atoms with Gasteiger partial charge in [-0.3, -0.25) is 9.89 Å². The normalized spacial score (nSPS) is 10.7. The molecule has 0 fully saturated rings. The van der Waals surface area contributed by atoms with Gasteiger partial charge in [-0.2, -0.15) is 9.49 Å². The van der Waals surface area contributed by atoms with Gasteiger partial charge in [0.05, 0.1) is 23.0 Å². The molecule has 2 aromatic heterocycles. The number of nitrogens with zero attached hydrogens (tertiary/aromatic N) is 2. The molecule has 0 saturated carbocycles. The zero-order valence-corrected chi connectivity index (χ0v) is 8.97. The first kappa shape index (κ1) is 10.5. The summed E-state index contributed by atoms with van der Waals surface area (Å²) in [5.74, 6) is -0.796. The lowest BCUT2D eigenvalue weighted by molar-refractivity contribution is -0.119. The fourth-order valence-corrected chi connectivity index (χ4v) is 1.54. The number of rotatable bonds is 2. The van der Waals surface area contributed by atoms with Crippen molar-refractivity contribution in [2.75, 3.05) is 0 Å².